The molecule has 2 amide bonds. The fourth-order valence-electron chi connectivity index (χ4n) is 3.58. The zero-order chi connectivity index (χ0) is 21.1. The minimum Gasteiger partial charge on any atom is -0.340 e. The third-order valence-electron chi connectivity index (χ3n) is 5.33. The number of benzene rings is 1. The van der Waals surface area contributed by atoms with Crippen LogP contribution >= 0.6 is 0 Å². The Morgan fingerprint density at radius 1 is 1.10 bits per heavy atom. The van der Waals surface area contributed by atoms with Crippen molar-refractivity contribution in [3.05, 3.63) is 41.5 Å². The standard InChI is InChI=1S/C22H30N4O3/c1-15-23-19(26-29-15)22(12-7-5-6-8-13-22)25-18(27)16-10-9-11-17(14-16)24-20(28)21(2,3)4/h9-11,14H,5-8,12-13H2,1-4H3,(H,24,28)(H,25,27). The fourth-order valence-corrected chi connectivity index (χ4v) is 3.58. The maximum absolute atomic E-state index is 13.1. The fraction of sp³-hybridized carbons (Fsp3) is 0.545. The van der Waals surface area contributed by atoms with Gasteiger partial charge in [-0.25, -0.2) is 0 Å². The minimum absolute atomic E-state index is 0.0995. The molecule has 1 aliphatic carbocycles. The highest BCUT2D eigenvalue weighted by Crippen LogP contribution is 2.35. The molecule has 3 rings (SSSR count). The molecule has 1 aromatic carbocycles. The second-order valence-corrected chi connectivity index (χ2v) is 8.87. The zero-order valence-corrected chi connectivity index (χ0v) is 17.7. The summed E-state index contributed by atoms with van der Waals surface area (Å²) in [5, 5.41) is 10.2. The van der Waals surface area contributed by atoms with Gasteiger partial charge in [0.25, 0.3) is 5.91 Å². The van der Waals surface area contributed by atoms with Crippen molar-refractivity contribution in [2.24, 2.45) is 5.41 Å². The van der Waals surface area contributed by atoms with Crippen molar-refractivity contribution in [1.82, 2.24) is 15.5 Å². The average molecular weight is 399 g/mol. The Bertz CT molecular complexity index is 874. The maximum Gasteiger partial charge on any atom is 0.252 e. The normalized spacial score (nSPS) is 16.7. The molecule has 29 heavy (non-hydrogen) atoms. The third-order valence-corrected chi connectivity index (χ3v) is 5.33. The molecule has 0 saturated heterocycles. The van der Waals surface area contributed by atoms with E-state index < -0.39 is 11.0 Å². The highest BCUT2D eigenvalue weighted by Gasteiger charge is 2.39. The zero-order valence-electron chi connectivity index (χ0n) is 17.7. The summed E-state index contributed by atoms with van der Waals surface area (Å²) < 4.78 is 5.21. The Hall–Kier alpha value is -2.70. The van der Waals surface area contributed by atoms with Crippen molar-refractivity contribution in [2.75, 3.05) is 5.32 Å². The summed E-state index contributed by atoms with van der Waals surface area (Å²) in [6.07, 6.45) is 5.80. The van der Waals surface area contributed by atoms with Gasteiger partial charge in [0.2, 0.25) is 11.8 Å². The molecule has 0 atom stereocenters. The lowest BCUT2D eigenvalue weighted by atomic mass is 9.88. The van der Waals surface area contributed by atoms with Gasteiger partial charge >= 0.3 is 0 Å². The van der Waals surface area contributed by atoms with Gasteiger partial charge in [0.1, 0.15) is 5.54 Å². The third kappa shape index (κ3) is 5.02. The first kappa shape index (κ1) is 21.0. The number of rotatable bonds is 4. The molecule has 1 aromatic heterocycles. The highest BCUT2D eigenvalue weighted by atomic mass is 16.5. The topological polar surface area (TPSA) is 97.1 Å². The molecule has 1 saturated carbocycles. The summed E-state index contributed by atoms with van der Waals surface area (Å²) in [7, 11) is 0. The van der Waals surface area contributed by atoms with E-state index in [1.54, 1.807) is 31.2 Å². The number of anilines is 1. The number of amides is 2. The van der Waals surface area contributed by atoms with Crippen molar-refractivity contribution in [1.29, 1.82) is 0 Å². The van der Waals surface area contributed by atoms with Gasteiger partial charge in [-0.15, -0.1) is 0 Å². The molecule has 156 valence electrons. The van der Waals surface area contributed by atoms with Crippen LogP contribution in [0.5, 0.6) is 0 Å². The Balaban J connectivity index is 1.83. The second kappa shape index (κ2) is 8.35. The van der Waals surface area contributed by atoms with Crippen LogP contribution in [0.25, 0.3) is 0 Å². The number of nitrogens with zero attached hydrogens (tertiary/aromatic N) is 2. The number of carbonyl (C=O) groups excluding carboxylic acids is 2. The molecule has 2 N–H and O–H groups in total. The Morgan fingerprint density at radius 2 is 1.79 bits per heavy atom. The van der Waals surface area contributed by atoms with Crippen LogP contribution in [0.2, 0.25) is 0 Å². The molecular weight excluding hydrogens is 368 g/mol. The van der Waals surface area contributed by atoms with E-state index in [1.165, 1.54) is 0 Å². The van der Waals surface area contributed by atoms with E-state index >= 15 is 0 Å². The van der Waals surface area contributed by atoms with Gasteiger partial charge in [-0.1, -0.05) is 57.7 Å². The van der Waals surface area contributed by atoms with Crippen molar-refractivity contribution in [3.8, 4) is 0 Å². The number of nitrogens with one attached hydrogen (secondary N) is 2. The predicted octanol–water partition coefficient (Wildman–Crippen LogP) is 4.34. The Morgan fingerprint density at radius 3 is 2.38 bits per heavy atom. The van der Waals surface area contributed by atoms with E-state index in [2.05, 4.69) is 20.8 Å². The summed E-state index contributed by atoms with van der Waals surface area (Å²) in [5.41, 5.74) is -0.0572. The molecule has 1 aliphatic rings. The Kier molecular flexibility index (Phi) is 6.05. The maximum atomic E-state index is 13.1. The summed E-state index contributed by atoms with van der Waals surface area (Å²) in [6.45, 7) is 7.30. The van der Waals surface area contributed by atoms with Crippen molar-refractivity contribution >= 4 is 17.5 Å². The first-order valence-electron chi connectivity index (χ1n) is 10.2. The van der Waals surface area contributed by atoms with Crippen LogP contribution in [0.1, 0.15) is 81.4 Å². The van der Waals surface area contributed by atoms with Crippen molar-refractivity contribution < 1.29 is 14.1 Å². The number of aryl methyl sites for hydroxylation is 1. The SMILES string of the molecule is Cc1nc(C2(NC(=O)c3cccc(NC(=O)C(C)(C)C)c3)CCCCCC2)no1. The average Bonchev–Trinajstić information content (AvgIpc) is 2.96. The lowest BCUT2D eigenvalue weighted by Gasteiger charge is -2.30. The molecule has 0 unspecified atom stereocenters. The molecular formula is C22H30N4O3. The molecule has 0 aliphatic heterocycles. The molecule has 1 fully saturated rings. The van der Waals surface area contributed by atoms with E-state index in [0.29, 0.717) is 23.0 Å². The van der Waals surface area contributed by atoms with E-state index in [1.807, 2.05) is 20.8 Å². The van der Waals surface area contributed by atoms with Crippen LogP contribution in [0.4, 0.5) is 5.69 Å². The molecule has 1 heterocycles. The van der Waals surface area contributed by atoms with E-state index in [-0.39, 0.29) is 11.8 Å². The number of hydrogen-bond acceptors (Lipinski definition) is 5. The van der Waals surface area contributed by atoms with Gasteiger partial charge < -0.3 is 15.2 Å². The van der Waals surface area contributed by atoms with Crippen LogP contribution in [-0.4, -0.2) is 22.0 Å². The lowest BCUT2D eigenvalue weighted by Crippen LogP contribution is -2.46. The van der Waals surface area contributed by atoms with Crippen LogP contribution in [0.15, 0.2) is 28.8 Å². The number of aromatic nitrogens is 2. The van der Waals surface area contributed by atoms with Crippen LogP contribution < -0.4 is 10.6 Å². The minimum atomic E-state index is -0.629. The second-order valence-electron chi connectivity index (χ2n) is 8.87. The van der Waals surface area contributed by atoms with E-state index in [9.17, 15) is 9.59 Å². The summed E-state index contributed by atoms with van der Waals surface area (Å²) >= 11 is 0. The van der Waals surface area contributed by atoms with Gasteiger partial charge in [0.05, 0.1) is 0 Å². The van der Waals surface area contributed by atoms with Crippen LogP contribution in [0, 0.1) is 12.3 Å². The smallest absolute Gasteiger partial charge is 0.252 e. The quantitative estimate of drug-likeness (QED) is 0.747. The number of carbonyl (C=O) groups is 2. The molecule has 7 nitrogen and oxygen atoms in total. The van der Waals surface area contributed by atoms with Crippen molar-refractivity contribution in [3.63, 3.8) is 0 Å². The van der Waals surface area contributed by atoms with Crippen LogP contribution in [0.3, 0.4) is 0 Å². The van der Waals surface area contributed by atoms with E-state index in [4.69, 9.17) is 4.52 Å². The largest absolute Gasteiger partial charge is 0.340 e. The first-order chi connectivity index (χ1) is 13.7. The van der Waals surface area contributed by atoms with Gasteiger partial charge in [-0.05, 0) is 31.0 Å². The summed E-state index contributed by atoms with van der Waals surface area (Å²) in [5.74, 6) is 0.728. The molecule has 7 heteroatoms. The monoisotopic (exact) mass is 398 g/mol. The highest BCUT2D eigenvalue weighted by molar-refractivity contribution is 5.98. The number of hydrogen-bond donors (Lipinski definition) is 2. The van der Waals surface area contributed by atoms with Gasteiger partial charge in [0, 0.05) is 23.6 Å². The first-order valence-corrected chi connectivity index (χ1v) is 10.2. The van der Waals surface area contributed by atoms with Gasteiger partial charge in [0.15, 0.2) is 5.82 Å². The molecule has 2 aromatic rings. The molecule has 0 radical (unpaired) electrons. The molecule has 0 spiro atoms. The predicted molar refractivity (Wildman–Crippen MR) is 110 cm³/mol. The lowest BCUT2D eigenvalue weighted by molar-refractivity contribution is -0.123. The van der Waals surface area contributed by atoms with Crippen molar-refractivity contribution in [2.45, 2.75) is 71.8 Å². The van der Waals surface area contributed by atoms with Crippen LogP contribution in [-0.2, 0) is 10.3 Å². The summed E-state index contributed by atoms with van der Waals surface area (Å²) in [6, 6.07) is 6.99. The van der Waals surface area contributed by atoms with Gasteiger partial charge in [-0.2, -0.15) is 4.98 Å². The van der Waals surface area contributed by atoms with E-state index in [0.717, 1.165) is 38.5 Å². The summed E-state index contributed by atoms with van der Waals surface area (Å²) in [4.78, 5) is 29.8. The molecule has 0 bridgehead atoms. The Labute approximate surface area is 171 Å². The van der Waals surface area contributed by atoms with Gasteiger partial charge in [-0.3, -0.25) is 9.59 Å².